The monoisotopic (exact) mass is 406 g/mol. The summed E-state index contributed by atoms with van der Waals surface area (Å²) in [4.78, 5) is 7.76. The van der Waals surface area contributed by atoms with Crippen molar-refractivity contribution in [2.24, 2.45) is 10.9 Å². The number of nitrogens with zero attached hydrogens (tertiary/aromatic N) is 3. The molecule has 1 aromatic rings. The quantitative estimate of drug-likeness (QED) is 0.426. The summed E-state index contributed by atoms with van der Waals surface area (Å²) < 4.78 is 65.1. The van der Waals surface area contributed by atoms with Gasteiger partial charge in [0.15, 0.2) is 5.96 Å². The van der Waals surface area contributed by atoms with E-state index in [0.717, 1.165) is 24.6 Å². The van der Waals surface area contributed by atoms with E-state index in [4.69, 9.17) is 0 Å². The molecule has 9 heteroatoms. The van der Waals surface area contributed by atoms with Crippen LogP contribution in [0, 0.1) is 17.6 Å². The molecule has 0 spiro atoms. The number of hydrogen-bond acceptors (Lipinski definition) is 2. The second kappa shape index (κ2) is 10.0. The van der Waals surface area contributed by atoms with E-state index in [9.17, 15) is 22.0 Å². The van der Waals surface area contributed by atoms with Crippen molar-refractivity contribution in [2.75, 3.05) is 39.3 Å². The van der Waals surface area contributed by atoms with Crippen LogP contribution in [-0.2, 0) is 6.54 Å². The van der Waals surface area contributed by atoms with E-state index >= 15 is 0 Å². The molecule has 0 bridgehead atoms. The van der Waals surface area contributed by atoms with E-state index in [1.807, 2.05) is 11.8 Å². The lowest BCUT2D eigenvalue weighted by Gasteiger charge is -2.26. The summed E-state index contributed by atoms with van der Waals surface area (Å²) in [5.74, 6) is -0.391. The summed E-state index contributed by atoms with van der Waals surface area (Å²) in [6.45, 7) is 5.23. The molecule has 158 valence electrons. The number of nitrogens with one attached hydrogen (secondary N) is 1. The van der Waals surface area contributed by atoms with Crippen LogP contribution in [0.25, 0.3) is 0 Å². The Kier molecular flexibility index (Phi) is 8.03. The molecule has 1 N–H and O–H groups in total. The standard InChI is InChI=1S/C19H27F5N4/c1-3-25-18(26-10-15-9-16(20)5-6-17(15)21)28-8-7-14(12-28)11-27(4-2)13-19(22,23)24/h5-6,9,14H,3-4,7-8,10-13H2,1-2H3,(H,25,26). The van der Waals surface area contributed by atoms with Gasteiger partial charge in [-0.3, -0.25) is 4.90 Å². The molecular weight excluding hydrogens is 379 g/mol. The lowest BCUT2D eigenvalue weighted by molar-refractivity contribution is -0.146. The van der Waals surface area contributed by atoms with Crippen LogP contribution in [0.2, 0.25) is 0 Å². The van der Waals surface area contributed by atoms with Gasteiger partial charge in [0.25, 0.3) is 0 Å². The first-order valence-electron chi connectivity index (χ1n) is 9.48. The first-order valence-corrected chi connectivity index (χ1v) is 9.48. The summed E-state index contributed by atoms with van der Waals surface area (Å²) in [6.07, 6.45) is -3.45. The first-order chi connectivity index (χ1) is 13.2. The van der Waals surface area contributed by atoms with Crippen molar-refractivity contribution in [1.29, 1.82) is 0 Å². The Morgan fingerprint density at radius 3 is 2.68 bits per heavy atom. The zero-order valence-electron chi connectivity index (χ0n) is 16.2. The maximum absolute atomic E-state index is 13.8. The van der Waals surface area contributed by atoms with Crippen LogP contribution in [0.1, 0.15) is 25.8 Å². The highest BCUT2D eigenvalue weighted by Gasteiger charge is 2.33. The average molecular weight is 406 g/mol. The summed E-state index contributed by atoms with van der Waals surface area (Å²) >= 11 is 0. The Labute approximate surface area is 162 Å². The Hall–Kier alpha value is -1.90. The molecule has 1 aliphatic heterocycles. The van der Waals surface area contributed by atoms with Crippen LogP contribution in [0.5, 0.6) is 0 Å². The number of aliphatic imine (C=N–C) groups is 1. The largest absolute Gasteiger partial charge is 0.401 e. The molecule has 2 rings (SSSR count). The number of hydrogen-bond donors (Lipinski definition) is 1. The lowest BCUT2D eigenvalue weighted by Crippen LogP contribution is -2.41. The Bertz CT molecular complexity index is 662. The fourth-order valence-corrected chi connectivity index (χ4v) is 3.35. The summed E-state index contributed by atoms with van der Waals surface area (Å²) in [5.41, 5.74) is 0.161. The molecule has 0 amide bonds. The van der Waals surface area contributed by atoms with Gasteiger partial charge in [0.2, 0.25) is 0 Å². The smallest absolute Gasteiger partial charge is 0.357 e. The first kappa shape index (κ1) is 22.4. The molecule has 28 heavy (non-hydrogen) atoms. The van der Waals surface area contributed by atoms with Crippen molar-refractivity contribution in [3.63, 3.8) is 0 Å². The number of alkyl halides is 3. The van der Waals surface area contributed by atoms with Crippen LogP contribution in [-0.4, -0.2) is 61.2 Å². The minimum absolute atomic E-state index is 0.0117. The summed E-state index contributed by atoms with van der Waals surface area (Å²) in [5, 5.41) is 3.12. The van der Waals surface area contributed by atoms with Gasteiger partial charge in [-0.2, -0.15) is 13.2 Å². The fraction of sp³-hybridized carbons (Fsp3) is 0.632. The van der Waals surface area contributed by atoms with Gasteiger partial charge in [-0.15, -0.1) is 0 Å². The highest BCUT2D eigenvalue weighted by Crippen LogP contribution is 2.21. The van der Waals surface area contributed by atoms with Gasteiger partial charge >= 0.3 is 6.18 Å². The van der Waals surface area contributed by atoms with Gasteiger partial charge in [-0.05, 0) is 44.0 Å². The van der Waals surface area contributed by atoms with Gasteiger partial charge in [0.1, 0.15) is 11.6 Å². The van der Waals surface area contributed by atoms with Crippen molar-refractivity contribution < 1.29 is 22.0 Å². The molecule has 1 heterocycles. The van der Waals surface area contributed by atoms with E-state index < -0.39 is 24.4 Å². The predicted molar refractivity (Wildman–Crippen MR) is 99.0 cm³/mol. The Morgan fingerprint density at radius 2 is 2.04 bits per heavy atom. The highest BCUT2D eigenvalue weighted by molar-refractivity contribution is 5.80. The maximum Gasteiger partial charge on any atom is 0.401 e. The van der Waals surface area contributed by atoms with Gasteiger partial charge in [-0.1, -0.05) is 6.92 Å². The Balaban J connectivity index is 2.00. The van der Waals surface area contributed by atoms with Crippen molar-refractivity contribution >= 4 is 5.96 Å². The molecule has 0 aliphatic carbocycles. The molecule has 0 radical (unpaired) electrons. The number of halogens is 5. The molecule has 1 unspecified atom stereocenters. The fourth-order valence-electron chi connectivity index (χ4n) is 3.35. The normalized spacial score (nSPS) is 18.2. The SMILES string of the molecule is CCNC(=NCc1cc(F)ccc1F)N1CCC(CN(CC)CC(F)(F)F)C1. The minimum atomic E-state index is -4.21. The van der Waals surface area contributed by atoms with E-state index in [-0.39, 0.29) is 18.0 Å². The van der Waals surface area contributed by atoms with Gasteiger partial charge in [-0.25, -0.2) is 13.8 Å². The molecule has 1 saturated heterocycles. The number of rotatable bonds is 7. The molecule has 0 aromatic heterocycles. The second-order valence-electron chi connectivity index (χ2n) is 6.95. The third-order valence-electron chi connectivity index (χ3n) is 4.69. The van der Waals surface area contributed by atoms with E-state index in [0.29, 0.717) is 38.7 Å². The summed E-state index contributed by atoms with van der Waals surface area (Å²) in [6, 6.07) is 3.24. The number of likely N-dealkylation sites (tertiary alicyclic amines) is 1. The highest BCUT2D eigenvalue weighted by atomic mass is 19.4. The van der Waals surface area contributed by atoms with Gasteiger partial charge in [0, 0.05) is 31.7 Å². The van der Waals surface area contributed by atoms with Crippen LogP contribution in [0.15, 0.2) is 23.2 Å². The predicted octanol–water partition coefficient (Wildman–Crippen LogP) is 3.64. The molecule has 0 saturated carbocycles. The molecule has 1 atom stereocenters. The number of guanidine groups is 1. The second-order valence-corrected chi connectivity index (χ2v) is 6.95. The molecule has 1 aromatic carbocycles. The van der Waals surface area contributed by atoms with Crippen LogP contribution in [0.4, 0.5) is 22.0 Å². The molecular formula is C19H27F5N4. The van der Waals surface area contributed by atoms with Crippen LogP contribution >= 0.6 is 0 Å². The van der Waals surface area contributed by atoms with E-state index in [1.54, 1.807) is 6.92 Å². The number of benzene rings is 1. The van der Waals surface area contributed by atoms with Crippen molar-refractivity contribution in [3.05, 3.63) is 35.4 Å². The average Bonchev–Trinajstić information content (AvgIpc) is 3.07. The van der Waals surface area contributed by atoms with Gasteiger partial charge in [0.05, 0.1) is 13.1 Å². The topological polar surface area (TPSA) is 30.9 Å². The van der Waals surface area contributed by atoms with E-state index in [1.165, 1.54) is 4.90 Å². The van der Waals surface area contributed by atoms with Gasteiger partial charge < -0.3 is 10.2 Å². The minimum Gasteiger partial charge on any atom is -0.357 e. The lowest BCUT2D eigenvalue weighted by atomic mass is 10.1. The van der Waals surface area contributed by atoms with Crippen molar-refractivity contribution in [2.45, 2.75) is 33.0 Å². The third-order valence-corrected chi connectivity index (χ3v) is 4.69. The molecule has 1 fully saturated rings. The molecule has 4 nitrogen and oxygen atoms in total. The van der Waals surface area contributed by atoms with Crippen molar-refractivity contribution in [1.82, 2.24) is 15.1 Å². The van der Waals surface area contributed by atoms with E-state index in [2.05, 4.69) is 10.3 Å². The van der Waals surface area contributed by atoms with Crippen molar-refractivity contribution in [3.8, 4) is 0 Å². The zero-order chi connectivity index (χ0) is 20.7. The molecule has 1 aliphatic rings. The van der Waals surface area contributed by atoms with Crippen LogP contribution < -0.4 is 5.32 Å². The zero-order valence-corrected chi connectivity index (χ0v) is 16.2. The third kappa shape index (κ3) is 6.92. The van der Waals surface area contributed by atoms with Crippen LogP contribution in [0.3, 0.4) is 0 Å². The Morgan fingerprint density at radius 1 is 1.29 bits per heavy atom. The summed E-state index contributed by atoms with van der Waals surface area (Å²) in [7, 11) is 0. The maximum atomic E-state index is 13.8.